The molecule has 0 saturated heterocycles. The van der Waals surface area contributed by atoms with Crippen molar-refractivity contribution in [1.29, 1.82) is 0 Å². The number of halogens is 2. The van der Waals surface area contributed by atoms with Gasteiger partial charge in [-0.15, -0.1) is 0 Å². The summed E-state index contributed by atoms with van der Waals surface area (Å²) in [7, 11) is 0. The van der Waals surface area contributed by atoms with Gasteiger partial charge in [-0.25, -0.2) is 13.8 Å². The number of imidazole rings is 1. The topological polar surface area (TPSA) is 50.7 Å². The highest BCUT2D eigenvalue weighted by Gasteiger charge is 2.13. The first-order valence-corrected chi connectivity index (χ1v) is 8.08. The van der Waals surface area contributed by atoms with Crippen LogP contribution in [0.25, 0.3) is 27.8 Å². The van der Waals surface area contributed by atoms with Gasteiger partial charge in [0, 0.05) is 35.0 Å². The molecule has 0 spiro atoms. The smallest absolute Gasteiger partial charge is 0.248 e. The zero-order chi connectivity index (χ0) is 18.4. The van der Waals surface area contributed by atoms with Gasteiger partial charge in [-0.2, -0.15) is 0 Å². The van der Waals surface area contributed by atoms with Gasteiger partial charge < -0.3 is 9.55 Å². The summed E-state index contributed by atoms with van der Waals surface area (Å²) in [4.78, 5) is 18.8. The maximum atomic E-state index is 14.1. The zero-order valence-corrected chi connectivity index (χ0v) is 14.2. The van der Waals surface area contributed by atoms with E-state index in [2.05, 4.69) is 9.97 Å². The van der Waals surface area contributed by atoms with Gasteiger partial charge in [0.05, 0.1) is 11.2 Å². The Labute approximate surface area is 147 Å². The molecule has 1 N–H and O–H groups in total. The lowest BCUT2D eigenvalue weighted by atomic mass is 10.1. The minimum absolute atomic E-state index is 0.152. The molecule has 0 saturated carbocycles. The second kappa shape index (κ2) is 5.91. The first-order chi connectivity index (χ1) is 12.4. The molecule has 0 aliphatic carbocycles. The molecule has 0 unspecified atom stereocenters. The van der Waals surface area contributed by atoms with E-state index in [1.165, 1.54) is 18.2 Å². The van der Waals surface area contributed by atoms with Crippen LogP contribution in [-0.2, 0) is 0 Å². The molecule has 0 aliphatic heterocycles. The molecule has 4 aromatic rings. The standard InChI is InChI=1S/C20H15F2N3O/c1-11-7-15(8-13-3-6-19(26)24-20(11)13)25-10-18(23-12(25)2)16-5-4-14(21)9-17(16)22/h3-10H,1-2H3,(H,24,26). The fourth-order valence-electron chi connectivity index (χ4n) is 3.13. The number of fused-ring (bicyclic) bond motifs is 1. The van der Waals surface area contributed by atoms with Gasteiger partial charge in [0.2, 0.25) is 5.56 Å². The summed E-state index contributed by atoms with van der Waals surface area (Å²) >= 11 is 0. The Bertz CT molecular complexity index is 1210. The van der Waals surface area contributed by atoms with E-state index in [1.807, 2.05) is 30.5 Å². The van der Waals surface area contributed by atoms with Crippen molar-refractivity contribution in [3.8, 4) is 16.9 Å². The Morgan fingerprint density at radius 3 is 2.62 bits per heavy atom. The maximum absolute atomic E-state index is 14.1. The number of pyridine rings is 1. The van der Waals surface area contributed by atoms with Crippen LogP contribution in [0.5, 0.6) is 0 Å². The third-order valence-electron chi connectivity index (χ3n) is 4.38. The lowest BCUT2D eigenvalue weighted by Gasteiger charge is -2.09. The normalized spacial score (nSPS) is 11.2. The Hall–Kier alpha value is -3.28. The van der Waals surface area contributed by atoms with E-state index >= 15 is 0 Å². The highest BCUT2D eigenvalue weighted by molar-refractivity contribution is 5.84. The fraction of sp³-hybridized carbons (Fsp3) is 0.100. The van der Waals surface area contributed by atoms with E-state index in [9.17, 15) is 13.6 Å². The fourth-order valence-corrected chi connectivity index (χ4v) is 3.13. The molecule has 0 aliphatic rings. The number of nitrogens with one attached hydrogen (secondary N) is 1. The van der Waals surface area contributed by atoms with Gasteiger partial charge >= 0.3 is 0 Å². The van der Waals surface area contributed by atoms with Crippen molar-refractivity contribution in [3.63, 3.8) is 0 Å². The lowest BCUT2D eigenvalue weighted by Crippen LogP contribution is -2.04. The predicted molar refractivity (Wildman–Crippen MR) is 96.5 cm³/mol. The van der Waals surface area contributed by atoms with Crippen LogP contribution in [0.2, 0.25) is 0 Å². The monoisotopic (exact) mass is 351 g/mol. The summed E-state index contributed by atoms with van der Waals surface area (Å²) in [5, 5.41) is 0.891. The highest BCUT2D eigenvalue weighted by atomic mass is 19.1. The van der Waals surface area contributed by atoms with Crippen LogP contribution < -0.4 is 5.56 Å². The predicted octanol–water partition coefficient (Wildman–Crippen LogP) is 4.28. The Balaban J connectivity index is 1.86. The van der Waals surface area contributed by atoms with Gasteiger partial charge in [-0.05, 0) is 49.7 Å². The molecule has 2 heterocycles. The molecule has 26 heavy (non-hydrogen) atoms. The average molecular weight is 351 g/mol. The molecule has 4 nitrogen and oxygen atoms in total. The maximum Gasteiger partial charge on any atom is 0.248 e. The summed E-state index contributed by atoms with van der Waals surface area (Å²) in [6, 6.07) is 10.5. The van der Waals surface area contributed by atoms with E-state index in [-0.39, 0.29) is 11.1 Å². The molecule has 2 aromatic carbocycles. The molecule has 0 amide bonds. The van der Waals surface area contributed by atoms with Crippen LogP contribution in [0.3, 0.4) is 0 Å². The van der Waals surface area contributed by atoms with Gasteiger partial charge in [0.1, 0.15) is 17.5 Å². The van der Waals surface area contributed by atoms with Crippen molar-refractivity contribution in [2.45, 2.75) is 13.8 Å². The van der Waals surface area contributed by atoms with Gasteiger partial charge in [0.25, 0.3) is 0 Å². The van der Waals surface area contributed by atoms with Gasteiger partial charge in [0.15, 0.2) is 0 Å². The number of hydrogen-bond acceptors (Lipinski definition) is 2. The summed E-state index contributed by atoms with van der Waals surface area (Å²) in [5.41, 5.74) is 3.07. The lowest BCUT2D eigenvalue weighted by molar-refractivity contribution is 0.585. The van der Waals surface area contributed by atoms with Gasteiger partial charge in [-0.1, -0.05) is 0 Å². The third kappa shape index (κ3) is 2.69. The van der Waals surface area contributed by atoms with E-state index in [4.69, 9.17) is 0 Å². The van der Waals surface area contributed by atoms with E-state index < -0.39 is 11.6 Å². The number of aromatic amines is 1. The number of rotatable bonds is 2. The van der Waals surface area contributed by atoms with E-state index in [1.54, 1.807) is 12.3 Å². The Morgan fingerprint density at radius 1 is 1.04 bits per heavy atom. The SMILES string of the molecule is Cc1cc(-n2cc(-c3ccc(F)cc3F)nc2C)cc2ccc(=O)[nH]c12. The van der Waals surface area contributed by atoms with Crippen molar-refractivity contribution in [2.24, 2.45) is 0 Å². The molecule has 0 radical (unpaired) electrons. The minimum Gasteiger partial charge on any atom is -0.322 e. The highest BCUT2D eigenvalue weighted by Crippen LogP contribution is 2.26. The number of hydrogen-bond donors (Lipinski definition) is 1. The summed E-state index contributed by atoms with van der Waals surface area (Å²) in [5.74, 6) is -0.602. The first-order valence-electron chi connectivity index (χ1n) is 8.08. The molecule has 0 atom stereocenters. The molecule has 6 heteroatoms. The number of aryl methyl sites for hydroxylation is 2. The van der Waals surface area contributed by atoms with Crippen LogP contribution >= 0.6 is 0 Å². The number of benzene rings is 2. The van der Waals surface area contributed by atoms with Crippen LogP contribution in [0.15, 0.2) is 53.5 Å². The molecule has 0 bridgehead atoms. The quantitative estimate of drug-likeness (QED) is 0.586. The minimum atomic E-state index is -0.651. The van der Waals surface area contributed by atoms with Crippen molar-refractivity contribution < 1.29 is 8.78 Å². The Kier molecular flexibility index (Phi) is 3.68. The number of nitrogens with zero attached hydrogens (tertiary/aromatic N) is 2. The zero-order valence-electron chi connectivity index (χ0n) is 14.2. The third-order valence-corrected chi connectivity index (χ3v) is 4.38. The molecule has 4 rings (SSSR count). The molecular formula is C20H15F2N3O. The van der Waals surface area contributed by atoms with Crippen molar-refractivity contribution >= 4 is 10.9 Å². The van der Waals surface area contributed by atoms with Crippen LogP contribution in [0, 0.1) is 25.5 Å². The van der Waals surface area contributed by atoms with Gasteiger partial charge in [-0.3, -0.25) is 4.79 Å². The Morgan fingerprint density at radius 2 is 1.85 bits per heavy atom. The summed E-state index contributed by atoms with van der Waals surface area (Å²) < 4.78 is 29.1. The van der Waals surface area contributed by atoms with Crippen molar-refractivity contribution in [3.05, 3.63) is 82.0 Å². The largest absolute Gasteiger partial charge is 0.322 e. The molecule has 0 fully saturated rings. The van der Waals surface area contributed by atoms with E-state index in [0.717, 1.165) is 28.2 Å². The average Bonchev–Trinajstić information content (AvgIpc) is 2.97. The van der Waals surface area contributed by atoms with Crippen molar-refractivity contribution in [2.75, 3.05) is 0 Å². The van der Waals surface area contributed by atoms with E-state index in [0.29, 0.717) is 11.5 Å². The second-order valence-electron chi connectivity index (χ2n) is 6.22. The van der Waals surface area contributed by atoms with Crippen LogP contribution in [-0.4, -0.2) is 14.5 Å². The summed E-state index contributed by atoms with van der Waals surface area (Å²) in [6.07, 6.45) is 1.72. The number of H-pyrrole nitrogens is 1. The summed E-state index contributed by atoms with van der Waals surface area (Å²) in [6.45, 7) is 3.73. The van der Waals surface area contributed by atoms with Crippen LogP contribution in [0.1, 0.15) is 11.4 Å². The van der Waals surface area contributed by atoms with Crippen molar-refractivity contribution in [1.82, 2.24) is 14.5 Å². The van der Waals surface area contributed by atoms with Crippen LogP contribution in [0.4, 0.5) is 8.78 Å². The molecular weight excluding hydrogens is 336 g/mol. The second-order valence-corrected chi connectivity index (χ2v) is 6.22. The first kappa shape index (κ1) is 16.2. The molecule has 2 aromatic heterocycles. The molecule has 130 valence electrons. The number of aromatic nitrogens is 3.